The average Bonchev–Trinajstić information content (AvgIpc) is 2.96. The second kappa shape index (κ2) is 7.76. The molecule has 0 spiro atoms. The van der Waals surface area contributed by atoms with Crippen LogP contribution >= 0.6 is 11.3 Å². The van der Waals surface area contributed by atoms with Crippen molar-refractivity contribution in [2.24, 2.45) is 0 Å². The number of nitrogens with one attached hydrogen (secondary N) is 2. The normalized spacial score (nSPS) is 12.5. The first-order chi connectivity index (χ1) is 12.0. The summed E-state index contributed by atoms with van der Waals surface area (Å²) in [6, 6.07) is 16.1. The van der Waals surface area contributed by atoms with Crippen LogP contribution < -0.4 is 10.2 Å². The predicted octanol–water partition coefficient (Wildman–Crippen LogP) is 3.07. The van der Waals surface area contributed by atoms with Gasteiger partial charge in [0.2, 0.25) is 0 Å². The number of hydrogen-bond donors (Lipinski definition) is 2. The monoisotopic (exact) mass is 354 g/mol. The maximum Gasteiger partial charge on any atom is 0.279 e. The molecule has 25 heavy (non-hydrogen) atoms. The van der Waals surface area contributed by atoms with Gasteiger partial charge < -0.3 is 10.2 Å². The van der Waals surface area contributed by atoms with Gasteiger partial charge in [0.1, 0.15) is 11.6 Å². The molecule has 0 radical (unpaired) electrons. The van der Waals surface area contributed by atoms with Crippen molar-refractivity contribution in [2.45, 2.75) is 26.3 Å². The van der Waals surface area contributed by atoms with Crippen molar-refractivity contribution in [1.82, 2.24) is 4.98 Å². The molecule has 0 aliphatic heterocycles. The minimum atomic E-state index is 0.0340. The number of anilines is 1. The third kappa shape index (κ3) is 4.44. The smallest absolute Gasteiger partial charge is 0.279 e. The highest BCUT2D eigenvalue weighted by atomic mass is 32.1. The fourth-order valence-electron chi connectivity index (χ4n) is 2.90. The highest BCUT2D eigenvalue weighted by molar-refractivity contribution is 7.18. The summed E-state index contributed by atoms with van der Waals surface area (Å²) in [6.45, 7) is 5.44. The van der Waals surface area contributed by atoms with Gasteiger partial charge in [0.05, 0.1) is 17.3 Å². The van der Waals surface area contributed by atoms with E-state index in [2.05, 4.69) is 36.3 Å². The highest BCUT2D eigenvalue weighted by Crippen LogP contribution is 2.23. The summed E-state index contributed by atoms with van der Waals surface area (Å²) in [6.07, 6.45) is 0. The van der Waals surface area contributed by atoms with Gasteiger partial charge in [-0.2, -0.15) is 0 Å². The number of fused-ring (bicyclic) bond motifs is 1. The number of para-hydroxylation sites is 2. The average molecular weight is 354 g/mol. The van der Waals surface area contributed by atoms with E-state index in [4.69, 9.17) is 0 Å². The molecule has 4 nitrogen and oxygen atoms in total. The van der Waals surface area contributed by atoms with Gasteiger partial charge in [-0.05, 0) is 29.7 Å². The first-order valence-corrected chi connectivity index (χ1v) is 9.39. The lowest BCUT2D eigenvalue weighted by molar-refractivity contribution is -0.885. The van der Waals surface area contributed by atoms with E-state index in [0.29, 0.717) is 12.5 Å². The lowest BCUT2D eigenvalue weighted by atomic mass is 10.0. The van der Waals surface area contributed by atoms with Crippen LogP contribution in [0.25, 0.3) is 10.2 Å². The molecule has 130 valence electrons. The minimum Gasteiger partial charge on any atom is -0.324 e. The molecule has 0 aliphatic carbocycles. The van der Waals surface area contributed by atoms with E-state index in [9.17, 15) is 4.79 Å². The van der Waals surface area contributed by atoms with E-state index in [1.54, 1.807) is 11.3 Å². The summed E-state index contributed by atoms with van der Waals surface area (Å²) < 4.78 is 1.20. The standard InChI is InChI=1S/C20H23N3OS/c1-14(2)15-8-4-5-9-16(15)21-19(24)12-23(3)13-20-22-17-10-6-7-11-18(17)25-20/h4-11,14H,12-13H2,1-3H3,(H,21,24)/p+1. The Bertz CT molecular complexity index is 839. The lowest BCUT2D eigenvalue weighted by Crippen LogP contribution is -3.08. The van der Waals surface area contributed by atoms with Crippen LogP contribution in [0.3, 0.4) is 0 Å². The second-order valence-corrected chi connectivity index (χ2v) is 7.79. The van der Waals surface area contributed by atoms with Crippen molar-refractivity contribution in [3.8, 4) is 0 Å². The van der Waals surface area contributed by atoms with Crippen LogP contribution in [0.5, 0.6) is 0 Å². The van der Waals surface area contributed by atoms with Gasteiger partial charge in [-0.15, -0.1) is 11.3 Å². The Hall–Kier alpha value is -2.24. The number of benzene rings is 2. The van der Waals surface area contributed by atoms with Crippen molar-refractivity contribution < 1.29 is 9.69 Å². The van der Waals surface area contributed by atoms with Gasteiger partial charge in [-0.1, -0.05) is 44.2 Å². The number of carbonyl (C=O) groups excluding carboxylic acids is 1. The second-order valence-electron chi connectivity index (χ2n) is 6.68. The molecule has 0 bridgehead atoms. The van der Waals surface area contributed by atoms with Crippen LogP contribution in [0.1, 0.15) is 30.3 Å². The molecule has 5 heteroatoms. The number of carbonyl (C=O) groups is 1. The van der Waals surface area contributed by atoms with E-state index in [1.807, 2.05) is 43.4 Å². The van der Waals surface area contributed by atoms with E-state index in [1.165, 1.54) is 10.3 Å². The molecule has 2 aromatic carbocycles. The molecule has 0 fully saturated rings. The molecule has 0 aliphatic rings. The maximum absolute atomic E-state index is 12.4. The number of thiazole rings is 1. The molecular formula is C20H24N3OS+. The molecule has 0 saturated carbocycles. The van der Waals surface area contributed by atoms with E-state index >= 15 is 0 Å². The Morgan fingerprint density at radius 2 is 1.88 bits per heavy atom. The summed E-state index contributed by atoms with van der Waals surface area (Å²) in [5, 5.41) is 4.12. The summed E-state index contributed by atoms with van der Waals surface area (Å²) in [7, 11) is 2.03. The van der Waals surface area contributed by atoms with E-state index in [-0.39, 0.29) is 5.91 Å². The van der Waals surface area contributed by atoms with Crippen LogP contribution in [0.15, 0.2) is 48.5 Å². The molecule has 1 unspecified atom stereocenters. The van der Waals surface area contributed by atoms with Gasteiger partial charge >= 0.3 is 0 Å². The maximum atomic E-state index is 12.4. The number of hydrogen-bond acceptors (Lipinski definition) is 3. The number of rotatable bonds is 6. The zero-order valence-corrected chi connectivity index (χ0v) is 15.7. The van der Waals surface area contributed by atoms with Crippen molar-refractivity contribution in [1.29, 1.82) is 0 Å². The molecule has 0 saturated heterocycles. The first-order valence-electron chi connectivity index (χ1n) is 8.57. The van der Waals surface area contributed by atoms with Gasteiger partial charge in [0, 0.05) is 5.69 Å². The van der Waals surface area contributed by atoms with Crippen LogP contribution in [-0.2, 0) is 11.3 Å². The number of aromatic nitrogens is 1. The van der Waals surface area contributed by atoms with Crippen molar-refractivity contribution >= 4 is 33.1 Å². The zero-order valence-electron chi connectivity index (χ0n) is 14.9. The van der Waals surface area contributed by atoms with Crippen LogP contribution in [0.2, 0.25) is 0 Å². The Kier molecular flexibility index (Phi) is 5.46. The number of amides is 1. The summed E-state index contributed by atoms with van der Waals surface area (Å²) in [5.74, 6) is 0.413. The van der Waals surface area contributed by atoms with Crippen molar-refractivity contribution in [2.75, 3.05) is 18.9 Å². The Morgan fingerprint density at radius 3 is 2.64 bits per heavy atom. The third-order valence-electron chi connectivity index (χ3n) is 4.11. The zero-order chi connectivity index (χ0) is 17.8. The minimum absolute atomic E-state index is 0.0340. The molecule has 3 aromatic rings. The summed E-state index contributed by atoms with van der Waals surface area (Å²) in [5.41, 5.74) is 3.11. The predicted molar refractivity (Wildman–Crippen MR) is 104 cm³/mol. The van der Waals surface area contributed by atoms with E-state index < -0.39 is 0 Å². The van der Waals surface area contributed by atoms with Gasteiger partial charge in [-0.3, -0.25) is 4.79 Å². The molecule has 3 rings (SSSR count). The lowest BCUT2D eigenvalue weighted by Gasteiger charge is -2.15. The molecule has 1 atom stereocenters. The van der Waals surface area contributed by atoms with E-state index in [0.717, 1.165) is 27.7 Å². The fraction of sp³-hybridized carbons (Fsp3) is 0.300. The molecule has 1 amide bonds. The van der Waals surface area contributed by atoms with Gasteiger partial charge in [0.25, 0.3) is 5.91 Å². The summed E-state index contributed by atoms with van der Waals surface area (Å²) in [4.78, 5) is 18.2. The number of likely N-dealkylation sites (N-methyl/N-ethyl adjacent to an activating group) is 1. The quantitative estimate of drug-likeness (QED) is 0.715. The number of nitrogens with zero attached hydrogens (tertiary/aromatic N) is 1. The Balaban J connectivity index is 1.61. The van der Waals surface area contributed by atoms with Gasteiger partial charge in [-0.25, -0.2) is 4.98 Å². The molecule has 2 N–H and O–H groups in total. The van der Waals surface area contributed by atoms with Crippen LogP contribution in [-0.4, -0.2) is 24.5 Å². The SMILES string of the molecule is CC(C)c1ccccc1NC(=O)C[NH+](C)Cc1nc2ccccc2s1. The largest absolute Gasteiger partial charge is 0.324 e. The van der Waals surface area contributed by atoms with Crippen molar-refractivity contribution in [3.63, 3.8) is 0 Å². The summed E-state index contributed by atoms with van der Waals surface area (Å²) >= 11 is 1.70. The van der Waals surface area contributed by atoms with Crippen LogP contribution in [0.4, 0.5) is 5.69 Å². The topological polar surface area (TPSA) is 46.4 Å². The Labute approximate surface area is 152 Å². The third-order valence-corrected chi connectivity index (χ3v) is 5.15. The molecular weight excluding hydrogens is 330 g/mol. The first kappa shape index (κ1) is 17.6. The fourth-order valence-corrected chi connectivity index (χ4v) is 3.98. The molecule has 1 heterocycles. The van der Waals surface area contributed by atoms with Gasteiger partial charge in [0.15, 0.2) is 6.54 Å². The highest BCUT2D eigenvalue weighted by Gasteiger charge is 2.15. The van der Waals surface area contributed by atoms with Crippen LogP contribution in [0, 0.1) is 0 Å². The Morgan fingerprint density at radius 1 is 1.16 bits per heavy atom. The molecule has 1 aromatic heterocycles. The number of quaternary nitrogens is 1. The van der Waals surface area contributed by atoms with Crippen molar-refractivity contribution in [3.05, 3.63) is 59.1 Å².